The molecule has 0 spiro atoms. The highest BCUT2D eigenvalue weighted by molar-refractivity contribution is 5.36. The van der Waals surface area contributed by atoms with Gasteiger partial charge in [-0.15, -0.1) is 0 Å². The van der Waals surface area contributed by atoms with Crippen molar-refractivity contribution in [2.45, 2.75) is 30.7 Å². The van der Waals surface area contributed by atoms with Crippen molar-refractivity contribution in [1.29, 1.82) is 0 Å². The SMILES string of the molecule is COC[C@H]1O[C@H](O)[C@H](OC)[C@@H](OC)[C@H]1Oc1ccc([N+](=O)[O-])cc1. The van der Waals surface area contributed by atoms with Crippen LogP contribution in [0.2, 0.25) is 0 Å². The van der Waals surface area contributed by atoms with E-state index >= 15 is 0 Å². The van der Waals surface area contributed by atoms with Gasteiger partial charge in [-0.25, -0.2) is 0 Å². The van der Waals surface area contributed by atoms with Crippen LogP contribution in [0.3, 0.4) is 0 Å². The van der Waals surface area contributed by atoms with Crippen molar-refractivity contribution >= 4 is 5.69 Å². The molecule has 0 unspecified atom stereocenters. The number of aliphatic hydroxyl groups is 1. The van der Waals surface area contributed by atoms with Crippen molar-refractivity contribution in [3.63, 3.8) is 0 Å². The highest BCUT2D eigenvalue weighted by Crippen LogP contribution is 2.29. The van der Waals surface area contributed by atoms with E-state index < -0.39 is 35.6 Å². The molecule has 0 amide bonds. The van der Waals surface area contributed by atoms with Crippen LogP contribution < -0.4 is 4.74 Å². The Morgan fingerprint density at radius 2 is 1.75 bits per heavy atom. The van der Waals surface area contributed by atoms with Crippen LogP contribution in [0.4, 0.5) is 5.69 Å². The maximum Gasteiger partial charge on any atom is 0.269 e. The fourth-order valence-corrected chi connectivity index (χ4v) is 2.66. The highest BCUT2D eigenvalue weighted by Gasteiger charge is 2.47. The molecular weight excluding hydrogens is 322 g/mol. The molecule has 0 aromatic heterocycles. The van der Waals surface area contributed by atoms with E-state index in [1.807, 2.05) is 0 Å². The van der Waals surface area contributed by atoms with Crippen LogP contribution in [-0.4, -0.2) is 68.7 Å². The van der Waals surface area contributed by atoms with E-state index in [4.69, 9.17) is 23.7 Å². The van der Waals surface area contributed by atoms with Gasteiger partial charge >= 0.3 is 0 Å². The molecule has 1 aliphatic heterocycles. The third kappa shape index (κ3) is 4.00. The molecule has 1 aliphatic rings. The van der Waals surface area contributed by atoms with Gasteiger partial charge in [0.25, 0.3) is 5.69 Å². The molecule has 0 bridgehead atoms. The van der Waals surface area contributed by atoms with Gasteiger partial charge < -0.3 is 28.8 Å². The van der Waals surface area contributed by atoms with E-state index in [0.717, 1.165) is 0 Å². The normalized spacial score (nSPS) is 30.1. The Morgan fingerprint density at radius 1 is 1.12 bits per heavy atom. The average molecular weight is 343 g/mol. The van der Waals surface area contributed by atoms with Gasteiger partial charge in [0.15, 0.2) is 12.4 Å². The first-order valence-electron chi connectivity index (χ1n) is 7.31. The maximum atomic E-state index is 10.7. The topological polar surface area (TPSA) is 110 Å². The summed E-state index contributed by atoms with van der Waals surface area (Å²) in [5, 5.41) is 20.8. The van der Waals surface area contributed by atoms with Crippen LogP contribution in [0.15, 0.2) is 24.3 Å². The summed E-state index contributed by atoms with van der Waals surface area (Å²) in [5.41, 5.74) is -0.0378. The number of nitro groups is 1. The first kappa shape index (κ1) is 18.6. The molecule has 1 heterocycles. The summed E-state index contributed by atoms with van der Waals surface area (Å²) < 4.78 is 27.2. The number of benzene rings is 1. The predicted molar refractivity (Wildman–Crippen MR) is 81.9 cm³/mol. The number of nitro benzene ring substituents is 1. The monoisotopic (exact) mass is 343 g/mol. The molecule has 1 aromatic carbocycles. The zero-order valence-corrected chi connectivity index (χ0v) is 13.7. The Bertz CT molecular complexity index is 537. The van der Waals surface area contributed by atoms with Gasteiger partial charge in [0.1, 0.15) is 24.1 Å². The largest absolute Gasteiger partial charge is 0.485 e. The highest BCUT2D eigenvalue weighted by atomic mass is 16.7. The number of rotatable bonds is 7. The molecule has 2 rings (SSSR count). The minimum Gasteiger partial charge on any atom is -0.485 e. The summed E-state index contributed by atoms with van der Waals surface area (Å²) in [5.74, 6) is 0.406. The molecular formula is C15H21NO8. The first-order chi connectivity index (χ1) is 11.5. The van der Waals surface area contributed by atoms with Crippen molar-refractivity contribution < 1.29 is 33.7 Å². The van der Waals surface area contributed by atoms with Gasteiger partial charge in [-0.05, 0) is 12.1 Å². The van der Waals surface area contributed by atoms with Crippen LogP contribution >= 0.6 is 0 Å². The number of methoxy groups -OCH3 is 3. The molecule has 5 atom stereocenters. The molecule has 1 N–H and O–H groups in total. The predicted octanol–water partition coefficient (Wildman–Crippen LogP) is 0.736. The molecule has 0 radical (unpaired) electrons. The van der Waals surface area contributed by atoms with Crippen molar-refractivity contribution in [1.82, 2.24) is 0 Å². The van der Waals surface area contributed by atoms with Gasteiger partial charge in [-0.3, -0.25) is 10.1 Å². The fraction of sp³-hybridized carbons (Fsp3) is 0.600. The Labute approximate surface area is 139 Å². The van der Waals surface area contributed by atoms with Crippen molar-refractivity contribution in [3.05, 3.63) is 34.4 Å². The lowest BCUT2D eigenvalue weighted by Crippen LogP contribution is -2.61. The van der Waals surface area contributed by atoms with Gasteiger partial charge in [0, 0.05) is 33.5 Å². The smallest absolute Gasteiger partial charge is 0.269 e. The average Bonchev–Trinajstić information content (AvgIpc) is 2.57. The number of hydrogen-bond donors (Lipinski definition) is 1. The third-order valence-corrected chi connectivity index (χ3v) is 3.80. The van der Waals surface area contributed by atoms with Crippen LogP contribution in [0.5, 0.6) is 5.75 Å². The molecule has 1 aromatic rings. The van der Waals surface area contributed by atoms with E-state index in [9.17, 15) is 15.2 Å². The van der Waals surface area contributed by atoms with E-state index in [1.165, 1.54) is 45.6 Å². The third-order valence-electron chi connectivity index (χ3n) is 3.80. The first-order valence-corrected chi connectivity index (χ1v) is 7.31. The standard InChI is InChI=1S/C15H21NO8/c1-20-8-11-12(13(21-2)14(22-3)15(17)24-11)23-10-6-4-9(5-7-10)16(18)19/h4-7,11-15,17H,8H2,1-3H3/t11-,12+,13+,14-,15+/m1/s1. The zero-order valence-electron chi connectivity index (χ0n) is 13.7. The molecule has 9 heteroatoms. The Hall–Kier alpha value is -1.78. The van der Waals surface area contributed by atoms with Crippen molar-refractivity contribution in [2.75, 3.05) is 27.9 Å². The van der Waals surface area contributed by atoms with Crippen LogP contribution in [0.25, 0.3) is 0 Å². The second kappa shape index (κ2) is 8.36. The molecule has 9 nitrogen and oxygen atoms in total. The van der Waals surface area contributed by atoms with Crippen LogP contribution in [-0.2, 0) is 18.9 Å². The van der Waals surface area contributed by atoms with E-state index in [0.29, 0.717) is 5.75 Å². The minimum atomic E-state index is -1.18. The maximum absolute atomic E-state index is 10.7. The molecule has 0 aliphatic carbocycles. The van der Waals surface area contributed by atoms with E-state index in [-0.39, 0.29) is 12.3 Å². The molecule has 0 saturated carbocycles. The summed E-state index contributed by atoms with van der Waals surface area (Å²) in [4.78, 5) is 10.2. The number of non-ortho nitro benzene ring substituents is 1. The number of aliphatic hydroxyl groups excluding tert-OH is 1. The molecule has 1 fully saturated rings. The number of nitrogens with zero attached hydrogens (tertiary/aromatic N) is 1. The van der Waals surface area contributed by atoms with E-state index in [2.05, 4.69) is 0 Å². The number of hydrogen-bond acceptors (Lipinski definition) is 8. The summed E-state index contributed by atoms with van der Waals surface area (Å²) in [6, 6.07) is 5.66. The second-order valence-electron chi connectivity index (χ2n) is 5.25. The summed E-state index contributed by atoms with van der Waals surface area (Å²) in [7, 11) is 4.41. The Balaban J connectivity index is 2.22. The Morgan fingerprint density at radius 3 is 2.25 bits per heavy atom. The minimum absolute atomic E-state index is 0.0378. The quantitative estimate of drug-likeness (QED) is 0.570. The van der Waals surface area contributed by atoms with Gasteiger partial charge in [-0.2, -0.15) is 0 Å². The summed E-state index contributed by atoms with van der Waals surface area (Å²) in [6.07, 6.45) is -3.78. The lowest BCUT2D eigenvalue weighted by molar-refractivity contribution is -0.384. The fourth-order valence-electron chi connectivity index (χ4n) is 2.66. The lowest BCUT2D eigenvalue weighted by Gasteiger charge is -2.43. The van der Waals surface area contributed by atoms with Crippen LogP contribution in [0.1, 0.15) is 0 Å². The summed E-state index contributed by atoms with van der Waals surface area (Å²) in [6.45, 7) is 0.172. The molecule has 134 valence electrons. The molecule has 1 saturated heterocycles. The number of ether oxygens (including phenoxy) is 5. The zero-order chi connectivity index (χ0) is 17.7. The van der Waals surface area contributed by atoms with Gasteiger partial charge in [0.2, 0.25) is 0 Å². The molecule has 24 heavy (non-hydrogen) atoms. The van der Waals surface area contributed by atoms with E-state index in [1.54, 1.807) is 0 Å². The van der Waals surface area contributed by atoms with Crippen molar-refractivity contribution in [2.24, 2.45) is 0 Å². The van der Waals surface area contributed by atoms with Crippen molar-refractivity contribution in [3.8, 4) is 5.75 Å². The van der Waals surface area contributed by atoms with Gasteiger partial charge in [0.05, 0.1) is 11.5 Å². The second-order valence-corrected chi connectivity index (χ2v) is 5.25. The summed E-state index contributed by atoms with van der Waals surface area (Å²) >= 11 is 0. The lowest BCUT2D eigenvalue weighted by atomic mass is 9.98. The van der Waals surface area contributed by atoms with Gasteiger partial charge in [-0.1, -0.05) is 0 Å². The van der Waals surface area contributed by atoms with Crippen LogP contribution in [0, 0.1) is 10.1 Å². The Kier molecular flexibility index (Phi) is 6.46.